The minimum absolute atomic E-state index is 0.499. The lowest BCUT2D eigenvalue weighted by Gasteiger charge is -2.23. The van der Waals surface area contributed by atoms with E-state index in [1.807, 2.05) is 0 Å². The molecule has 0 aromatic heterocycles. The van der Waals surface area contributed by atoms with Crippen molar-refractivity contribution >= 4 is 0 Å². The van der Waals surface area contributed by atoms with Gasteiger partial charge in [0.1, 0.15) is 0 Å². The van der Waals surface area contributed by atoms with Gasteiger partial charge in [-0.05, 0) is 30.7 Å². The van der Waals surface area contributed by atoms with Gasteiger partial charge in [0.2, 0.25) is 0 Å². The van der Waals surface area contributed by atoms with Crippen molar-refractivity contribution in [3.63, 3.8) is 0 Å². The van der Waals surface area contributed by atoms with E-state index in [9.17, 15) is 0 Å². The summed E-state index contributed by atoms with van der Waals surface area (Å²) in [7, 11) is 0. The summed E-state index contributed by atoms with van der Waals surface area (Å²) in [5.41, 5.74) is 0.499. The van der Waals surface area contributed by atoms with Gasteiger partial charge in [-0.2, -0.15) is 0 Å². The summed E-state index contributed by atoms with van der Waals surface area (Å²) in [4.78, 5) is 0. The number of unbranched alkanes of at least 4 members (excludes halogenated alkanes) is 2. The molecule has 0 rings (SSSR count). The number of nitrogens with one attached hydrogen (secondary N) is 1. The largest absolute Gasteiger partial charge is 0.315 e. The van der Waals surface area contributed by atoms with Gasteiger partial charge >= 0.3 is 0 Å². The number of hydrogen-bond donors (Lipinski definition) is 1. The standard InChI is InChI=1S/C15H33N/c1-13(2)16-11-9-7-8-10-14(3)12-15(4,5)6/h13-14,16H,7-12H2,1-6H3. The first-order valence-corrected chi connectivity index (χ1v) is 7.04. The molecule has 1 unspecified atom stereocenters. The molecule has 0 aromatic carbocycles. The summed E-state index contributed by atoms with van der Waals surface area (Å²) in [5, 5.41) is 3.47. The Morgan fingerprint density at radius 3 is 2.06 bits per heavy atom. The molecule has 0 aromatic rings. The minimum atomic E-state index is 0.499. The van der Waals surface area contributed by atoms with Crippen LogP contribution in [-0.2, 0) is 0 Å². The molecule has 0 fully saturated rings. The van der Waals surface area contributed by atoms with Gasteiger partial charge in [0.15, 0.2) is 0 Å². The van der Waals surface area contributed by atoms with Crippen LogP contribution in [0.15, 0.2) is 0 Å². The second-order valence-corrected chi connectivity index (χ2v) is 6.83. The number of rotatable bonds is 8. The van der Waals surface area contributed by atoms with Crippen LogP contribution in [0.25, 0.3) is 0 Å². The molecule has 0 aliphatic heterocycles. The third kappa shape index (κ3) is 12.0. The zero-order chi connectivity index (χ0) is 12.6. The summed E-state index contributed by atoms with van der Waals surface area (Å²) in [5.74, 6) is 0.887. The van der Waals surface area contributed by atoms with Crippen LogP contribution in [0.4, 0.5) is 0 Å². The SMILES string of the molecule is CC(CCCCCNC(C)C)CC(C)(C)C. The predicted octanol–water partition coefficient (Wildman–Crippen LogP) is 4.62. The van der Waals surface area contributed by atoms with Gasteiger partial charge in [-0.3, -0.25) is 0 Å². The maximum Gasteiger partial charge on any atom is 0.00103 e. The highest BCUT2D eigenvalue weighted by atomic mass is 14.9. The van der Waals surface area contributed by atoms with E-state index < -0.39 is 0 Å². The molecule has 0 bridgehead atoms. The van der Waals surface area contributed by atoms with E-state index >= 15 is 0 Å². The Bertz CT molecular complexity index is 155. The summed E-state index contributed by atoms with van der Waals surface area (Å²) in [6.45, 7) is 15.0. The van der Waals surface area contributed by atoms with Crippen molar-refractivity contribution in [3.8, 4) is 0 Å². The molecule has 1 N–H and O–H groups in total. The predicted molar refractivity (Wildman–Crippen MR) is 74.8 cm³/mol. The van der Waals surface area contributed by atoms with Gasteiger partial charge in [0, 0.05) is 6.04 Å². The molecule has 98 valence electrons. The van der Waals surface area contributed by atoms with Crippen LogP contribution < -0.4 is 5.32 Å². The van der Waals surface area contributed by atoms with E-state index in [2.05, 4.69) is 46.9 Å². The average Bonchev–Trinajstić information content (AvgIpc) is 2.07. The Morgan fingerprint density at radius 2 is 1.56 bits per heavy atom. The van der Waals surface area contributed by atoms with Crippen molar-refractivity contribution in [3.05, 3.63) is 0 Å². The maximum atomic E-state index is 3.47. The monoisotopic (exact) mass is 227 g/mol. The van der Waals surface area contributed by atoms with Gasteiger partial charge in [-0.25, -0.2) is 0 Å². The summed E-state index contributed by atoms with van der Waals surface area (Å²) >= 11 is 0. The van der Waals surface area contributed by atoms with Crippen molar-refractivity contribution in [2.75, 3.05) is 6.54 Å². The van der Waals surface area contributed by atoms with Crippen LogP contribution in [0.3, 0.4) is 0 Å². The van der Waals surface area contributed by atoms with Crippen molar-refractivity contribution in [1.82, 2.24) is 5.32 Å². The first-order chi connectivity index (χ1) is 7.31. The molecule has 16 heavy (non-hydrogen) atoms. The normalized spacial score (nSPS) is 14.4. The third-order valence-electron chi connectivity index (χ3n) is 2.89. The lowest BCUT2D eigenvalue weighted by atomic mass is 9.83. The van der Waals surface area contributed by atoms with Gasteiger partial charge < -0.3 is 5.32 Å². The van der Waals surface area contributed by atoms with Crippen LogP contribution >= 0.6 is 0 Å². The second kappa shape index (κ2) is 8.11. The highest BCUT2D eigenvalue weighted by Crippen LogP contribution is 2.26. The Kier molecular flexibility index (Phi) is 8.09. The Labute approximate surface area is 103 Å². The molecule has 0 radical (unpaired) electrons. The molecule has 0 aliphatic carbocycles. The summed E-state index contributed by atoms with van der Waals surface area (Å²) in [6, 6.07) is 0.639. The van der Waals surface area contributed by atoms with E-state index in [1.165, 1.54) is 38.6 Å². The zero-order valence-corrected chi connectivity index (χ0v) is 12.4. The van der Waals surface area contributed by atoms with E-state index in [1.54, 1.807) is 0 Å². The third-order valence-corrected chi connectivity index (χ3v) is 2.89. The molecule has 0 saturated carbocycles. The molecular weight excluding hydrogens is 194 g/mol. The van der Waals surface area contributed by atoms with E-state index in [0.29, 0.717) is 11.5 Å². The lowest BCUT2D eigenvalue weighted by Crippen LogP contribution is -2.23. The maximum absolute atomic E-state index is 3.47. The molecule has 0 saturated heterocycles. The molecule has 0 heterocycles. The van der Waals surface area contributed by atoms with E-state index in [4.69, 9.17) is 0 Å². The quantitative estimate of drug-likeness (QED) is 0.597. The lowest BCUT2D eigenvalue weighted by molar-refractivity contribution is 0.291. The Hall–Kier alpha value is -0.0400. The topological polar surface area (TPSA) is 12.0 Å². The van der Waals surface area contributed by atoms with Crippen LogP contribution in [0, 0.1) is 11.3 Å². The molecule has 0 spiro atoms. The van der Waals surface area contributed by atoms with Crippen LogP contribution in [0.5, 0.6) is 0 Å². The van der Waals surface area contributed by atoms with Gasteiger partial charge in [-0.15, -0.1) is 0 Å². The fourth-order valence-corrected chi connectivity index (χ4v) is 2.33. The van der Waals surface area contributed by atoms with Gasteiger partial charge in [-0.1, -0.05) is 60.8 Å². The van der Waals surface area contributed by atoms with Crippen molar-refractivity contribution < 1.29 is 0 Å². The summed E-state index contributed by atoms with van der Waals surface area (Å²) in [6.07, 6.45) is 6.88. The van der Waals surface area contributed by atoms with E-state index in [0.717, 1.165) is 5.92 Å². The van der Waals surface area contributed by atoms with Crippen LogP contribution in [0.2, 0.25) is 0 Å². The molecule has 1 nitrogen and oxygen atoms in total. The fraction of sp³-hybridized carbons (Fsp3) is 1.00. The smallest absolute Gasteiger partial charge is 0.00103 e. The molecule has 0 aliphatic rings. The summed E-state index contributed by atoms with van der Waals surface area (Å²) < 4.78 is 0. The zero-order valence-electron chi connectivity index (χ0n) is 12.4. The first-order valence-electron chi connectivity index (χ1n) is 7.04. The molecule has 0 amide bonds. The molecule has 1 atom stereocenters. The van der Waals surface area contributed by atoms with Crippen molar-refractivity contribution in [1.29, 1.82) is 0 Å². The van der Waals surface area contributed by atoms with Crippen molar-refractivity contribution in [2.24, 2.45) is 11.3 Å². The van der Waals surface area contributed by atoms with Crippen LogP contribution in [-0.4, -0.2) is 12.6 Å². The first kappa shape index (κ1) is 16.0. The van der Waals surface area contributed by atoms with Crippen LogP contribution in [0.1, 0.15) is 73.6 Å². The highest BCUT2D eigenvalue weighted by Gasteiger charge is 2.14. The average molecular weight is 227 g/mol. The van der Waals surface area contributed by atoms with Crippen molar-refractivity contribution in [2.45, 2.75) is 79.7 Å². The second-order valence-electron chi connectivity index (χ2n) is 6.83. The Morgan fingerprint density at radius 1 is 0.938 bits per heavy atom. The van der Waals surface area contributed by atoms with Gasteiger partial charge in [0.05, 0.1) is 0 Å². The van der Waals surface area contributed by atoms with E-state index in [-0.39, 0.29) is 0 Å². The Balaban J connectivity index is 3.31. The molecular formula is C15H33N. The molecule has 1 heteroatoms. The highest BCUT2D eigenvalue weighted by molar-refractivity contribution is 4.66. The minimum Gasteiger partial charge on any atom is -0.315 e. The van der Waals surface area contributed by atoms with Gasteiger partial charge in [0.25, 0.3) is 0 Å². The fourth-order valence-electron chi connectivity index (χ4n) is 2.33. The number of hydrogen-bond acceptors (Lipinski definition) is 1.